The molecule has 5 heterocycles. The Kier molecular flexibility index (Phi) is 16.9. The van der Waals surface area contributed by atoms with E-state index in [2.05, 4.69) is 71.3 Å². The highest BCUT2D eigenvalue weighted by Crippen LogP contribution is 2.55. The van der Waals surface area contributed by atoms with Crippen LogP contribution in [0.3, 0.4) is 0 Å². The molecule has 4 fully saturated rings. The number of rotatable bonds is 14. The maximum atomic E-state index is 14.4. The lowest BCUT2D eigenvalue weighted by molar-refractivity contribution is -0.164. The summed E-state index contributed by atoms with van der Waals surface area (Å²) >= 11 is 7.83. The molecule has 3 N–H and O–H groups in total. The zero-order valence-corrected chi connectivity index (χ0v) is 47.4. The molecule has 17 heteroatoms. The second-order valence-corrected chi connectivity index (χ2v) is 24.5. The van der Waals surface area contributed by atoms with Gasteiger partial charge in [-0.3, -0.25) is 19.2 Å². The number of halogens is 1. The summed E-state index contributed by atoms with van der Waals surface area (Å²) in [5.41, 5.74) is 6.21. The van der Waals surface area contributed by atoms with E-state index in [0.717, 1.165) is 66.0 Å². The van der Waals surface area contributed by atoms with E-state index in [1.165, 1.54) is 4.90 Å². The summed E-state index contributed by atoms with van der Waals surface area (Å²) in [6, 6.07) is 22.8. The van der Waals surface area contributed by atoms with Crippen molar-refractivity contribution in [2.75, 3.05) is 32.7 Å². The number of nitriles is 1. The van der Waals surface area contributed by atoms with Gasteiger partial charge in [-0.15, -0.1) is 11.3 Å². The van der Waals surface area contributed by atoms with Crippen molar-refractivity contribution in [3.05, 3.63) is 123 Å². The van der Waals surface area contributed by atoms with Crippen molar-refractivity contribution in [3.63, 3.8) is 0 Å². The Hall–Kier alpha value is -6.56. The van der Waals surface area contributed by atoms with Crippen LogP contribution in [0.5, 0.6) is 5.75 Å². The summed E-state index contributed by atoms with van der Waals surface area (Å²) in [6.45, 7) is 19.0. The second-order valence-electron chi connectivity index (χ2n) is 23.2. The van der Waals surface area contributed by atoms with Crippen LogP contribution < -0.4 is 15.4 Å². The monoisotopic (exact) mass is 1090 g/mol. The molecule has 4 atom stereocenters. The number of aryl methyl sites for hydroxylation is 2. The van der Waals surface area contributed by atoms with E-state index < -0.39 is 30.0 Å². The van der Waals surface area contributed by atoms with Gasteiger partial charge in [-0.1, -0.05) is 94.4 Å². The fourth-order valence-electron chi connectivity index (χ4n) is 12.6. The van der Waals surface area contributed by atoms with Crippen LogP contribution in [0, 0.1) is 59.7 Å². The SMILES string of the molecule is Cc1cc([C@H](C(=O)N2C[C@H](O)C[C@H]2C(=O)N[C@@H](CC(=O)N2CCC(N3CCC(C#Cc4ccc(C(=O)NC5C(C)(C)C(Oc6ccc(C#N)c(Cl)c6)C5(C)C)cc4)CC3)CC2)c2ccc(-c3scnc3C)cc2)C(C)C)on1. The number of amides is 4. The molecule has 0 radical (unpaired) electrons. The van der Waals surface area contributed by atoms with E-state index in [4.69, 9.17) is 20.9 Å². The number of likely N-dealkylation sites (tertiary alicyclic amines) is 3. The number of carbonyl (C=O) groups excluding carboxylic acids is 4. The molecule has 15 nitrogen and oxygen atoms in total. The minimum atomic E-state index is -0.938. The predicted molar refractivity (Wildman–Crippen MR) is 299 cm³/mol. The van der Waals surface area contributed by atoms with Gasteiger partial charge in [-0.2, -0.15) is 5.26 Å². The molecule has 1 aliphatic carbocycles. The normalized spacial score (nSPS) is 22.1. The number of piperidine rings is 2. The highest BCUT2D eigenvalue weighted by atomic mass is 35.5. The Morgan fingerprint density at radius 3 is 2.23 bits per heavy atom. The molecule has 4 aliphatic rings. The van der Waals surface area contributed by atoms with E-state index in [1.807, 2.05) is 79.7 Å². The molecule has 3 saturated heterocycles. The van der Waals surface area contributed by atoms with Gasteiger partial charge in [-0.05, 0) is 106 Å². The third-order valence-electron chi connectivity index (χ3n) is 16.6. The zero-order chi connectivity index (χ0) is 55.6. The fourth-order valence-corrected chi connectivity index (χ4v) is 13.6. The molecule has 2 aromatic heterocycles. The minimum absolute atomic E-state index is 0.0107. The van der Waals surface area contributed by atoms with E-state index >= 15 is 0 Å². The minimum Gasteiger partial charge on any atom is -0.489 e. The van der Waals surface area contributed by atoms with Gasteiger partial charge in [0.05, 0.1) is 50.9 Å². The van der Waals surface area contributed by atoms with Crippen LogP contribution in [0.2, 0.25) is 5.02 Å². The lowest BCUT2D eigenvalue weighted by Crippen LogP contribution is -2.74. The van der Waals surface area contributed by atoms with Crippen molar-refractivity contribution in [3.8, 4) is 34.1 Å². The molecule has 3 aliphatic heterocycles. The summed E-state index contributed by atoms with van der Waals surface area (Å²) in [4.78, 5) is 67.8. The van der Waals surface area contributed by atoms with Crippen LogP contribution in [0.15, 0.2) is 82.8 Å². The first-order valence-electron chi connectivity index (χ1n) is 27.2. The molecular formula is C61H71ClN8O7S. The van der Waals surface area contributed by atoms with Crippen molar-refractivity contribution in [1.82, 2.24) is 35.5 Å². The lowest BCUT2D eigenvalue weighted by atomic mass is 9.49. The highest BCUT2D eigenvalue weighted by molar-refractivity contribution is 7.13. The number of thiazole rings is 1. The average Bonchev–Trinajstić information content (AvgIpc) is 4.23. The van der Waals surface area contributed by atoms with Crippen molar-refractivity contribution in [1.29, 1.82) is 5.26 Å². The second kappa shape index (κ2) is 23.4. The first kappa shape index (κ1) is 56.2. The molecule has 3 aromatic carbocycles. The summed E-state index contributed by atoms with van der Waals surface area (Å²) in [7, 11) is 0. The van der Waals surface area contributed by atoms with Gasteiger partial charge >= 0.3 is 0 Å². The number of benzene rings is 3. The number of aliphatic hydroxyl groups is 1. The van der Waals surface area contributed by atoms with Gasteiger partial charge in [0.25, 0.3) is 5.91 Å². The maximum absolute atomic E-state index is 14.4. The van der Waals surface area contributed by atoms with Crippen molar-refractivity contribution in [2.45, 2.75) is 136 Å². The number of ether oxygens (including phenoxy) is 1. The number of nitrogens with zero attached hydrogens (tertiary/aromatic N) is 6. The topological polar surface area (TPSA) is 194 Å². The van der Waals surface area contributed by atoms with E-state index in [0.29, 0.717) is 52.5 Å². The molecule has 78 heavy (non-hydrogen) atoms. The third-order valence-corrected chi connectivity index (χ3v) is 17.9. The molecule has 0 spiro atoms. The quantitative estimate of drug-likeness (QED) is 0.0898. The molecule has 1 saturated carbocycles. The summed E-state index contributed by atoms with van der Waals surface area (Å²) in [5.74, 6) is 6.34. The van der Waals surface area contributed by atoms with Crippen LogP contribution in [0.1, 0.15) is 136 Å². The Morgan fingerprint density at radius 2 is 1.63 bits per heavy atom. The number of hydrogen-bond donors (Lipinski definition) is 3. The fraction of sp³-hybridized carbons (Fsp3) is 0.492. The van der Waals surface area contributed by atoms with E-state index in [9.17, 15) is 29.5 Å². The van der Waals surface area contributed by atoms with Crippen LogP contribution in [-0.2, 0) is 14.4 Å². The van der Waals surface area contributed by atoms with Crippen LogP contribution in [0.25, 0.3) is 10.4 Å². The molecule has 0 unspecified atom stereocenters. The molecule has 5 aromatic rings. The van der Waals surface area contributed by atoms with Gasteiger partial charge in [0, 0.05) is 78.1 Å². The number of carbonyl (C=O) groups is 4. The summed E-state index contributed by atoms with van der Waals surface area (Å²) in [5, 5.41) is 30.9. The van der Waals surface area contributed by atoms with E-state index in [1.54, 1.807) is 42.5 Å². The Morgan fingerprint density at radius 1 is 0.936 bits per heavy atom. The van der Waals surface area contributed by atoms with Gasteiger partial charge in [0.2, 0.25) is 17.7 Å². The Bertz CT molecular complexity index is 3080. The number of aromatic nitrogens is 2. The Labute approximate surface area is 467 Å². The third kappa shape index (κ3) is 12.0. The lowest BCUT2D eigenvalue weighted by Gasteiger charge is -2.63. The van der Waals surface area contributed by atoms with Crippen LogP contribution in [-0.4, -0.2) is 117 Å². The molecular weight excluding hydrogens is 1020 g/mol. The number of β-amino-alcohol motifs (C(OH)–C–C–N with tert-alkyl or cyclic N) is 1. The van der Waals surface area contributed by atoms with Gasteiger partial charge in [-0.25, -0.2) is 4.98 Å². The standard InChI is InChI=1S/C61H71ClN8O7S/c1-36(2)53(51-29-37(3)67-77-51)57(75)70-34-46(71)30-50(70)56(74)65-49(41-15-17-42(18-16-41)54-38(4)64-35-78-54)32-52(72)69-27-23-45(24-28-69)68-25-21-40(22-26-68)10-9-39-11-13-43(14-12-39)55(73)66-58-60(5,6)59(61(58,7)8)76-47-20-19-44(33-63)48(62)31-47/h11-20,29,31,35-36,40,45-46,49-50,53,58-59,71H,21-28,30,32,34H2,1-8H3,(H,65,74)(H,66,73)/t46-,49+,50+,53-,58?,59?/m1/s1. The van der Waals surface area contributed by atoms with Crippen LogP contribution in [0.4, 0.5) is 0 Å². The van der Waals surface area contributed by atoms with Gasteiger partial charge < -0.3 is 39.7 Å². The smallest absolute Gasteiger partial charge is 0.251 e. The van der Waals surface area contributed by atoms with Gasteiger partial charge in [0.15, 0.2) is 0 Å². The molecule has 410 valence electrons. The average molecular weight is 1100 g/mol. The van der Waals surface area contributed by atoms with Crippen LogP contribution >= 0.6 is 22.9 Å². The number of aliphatic hydroxyl groups excluding tert-OH is 1. The summed E-state index contributed by atoms with van der Waals surface area (Å²) in [6.07, 6.45) is 2.62. The van der Waals surface area contributed by atoms with Crippen molar-refractivity contribution >= 4 is 46.6 Å². The zero-order valence-electron chi connectivity index (χ0n) is 45.8. The highest BCUT2D eigenvalue weighted by Gasteiger charge is 2.64. The maximum Gasteiger partial charge on any atom is 0.251 e. The molecule has 4 amide bonds. The molecule has 9 rings (SSSR count). The largest absolute Gasteiger partial charge is 0.489 e. The molecule has 0 bridgehead atoms. The number of hydrogen-bond acceptors (Lipinski definition) is 12. The summed E-state index contributed by atoms with van der Waals surface area (Å²) < 4.78 is 11.9. The van der Waals surface area contributed by atoms with Crippen molar-refractivity contribution < 1.29 is 33.5 Å². The number of nitrogens with one attached hydrogen (secondary N) is 2. The van der Waals surface area contributed by atoms with Crippen molar-refractivity contribution in [2.24, 2.45) is 22.7 Å². The first-order valence-corrected chi connectivity index (χ1v) is 28.5. The first-order chi connectivity index (χ1) is 37.2. The van der Waals surface area contributed by atoms with Gasteiger partial charge in [0.1, 0.15) is 35.6 Å². The Balaban J connectivity index is 0.769. The van der Waals surface area contributed by atoms with E-state index in [-0.39, 0.29) is 71.9 Å². The predicted octanol–water partition coefficient (Wildman–Crippen LogP) is 9.26.